The van der Waals surface area contributed by atoms with Crippen molar-refractivity contribution in [1.29, 1.82) is 0 Å². The van der Waals surface area contributed by atoms with Gasteiger partial charge in [0, 0.05) is 6.54 Å². The van der Waals surface area contributed by atoms with Crippen LogP contribution in [0.4, 0.5) is 10.1 Å². The topological polar surface area (TPSA) is 21.3 Å². The van der Waals surface area contributed by atoms with E-state index in [1.54, 1.807) is 7.11 Å². The quantitative estimate of drug-likeness (QED) is 0.920. The van der Waals surface area contributed by atoms with E-state index in [0.29, 0.717) is 5.92 Å². The Balaban J connectivity index is 1.74. The highest BCUT2D eigenvalue weighted by atomic mass is 19.1. The molecule has 0 aromatic heterocycles. The maximum Gasteiger partial charge on any atom is 0.142 e. The van der Waals surface area contributed by atoms with E-state index in [4.69, 9.17) is 4.74 Å². The second-order valence-corrected chi connectivity index (χ2v) is 5.28. The van der Waals surface area contributed by atoms with E-state index >= 15 is 0 Å². The number of ether oxygens (including phenoxy) is 1. The van der Waals surface area contributed by atoms with Crippen LogP contribution in [-0.2, 0) is 12.8 Å². The molecule has 1 aliphatic rings. The predicted octanol–water partition coefficient (Wildman–Crippen LogP) is 3.66. The zero-order chi connectivity index (χ0) is 13.9. The van der Waals surface area contributed by atoms with Gasteiger partial charge in [0.15, 0.2) is 0 Å². The first-order valence-electron chi connectivity index (χ1n) is 6.90. The molecular weight excluding hydrogens is 253 g/mol. The minimum absolute atomic E-state index is 0.175. The van der Waals surface area contributed by atoms with E-state index in [9.17, 15) is 4.39 Å². The molecule has 2 nitrogen and oxygen atoms in total. The van der Waals surface area contributed by atoms with Crippen LogP contribution in [0.2, 0.25) is 0 Å². The molecule has 1 heterocycles. The molecule has 20 heavy (non-hydrogen) atoms. The first-order chi connectivity index (χ1) is 9.76. The number of anilines is 1. The van der Waals surface area contributed by atoms with E-state index in [-0.39, 0.29) is 5.82 Å². The molecule has 1 atom stereocenters. The Morgan fingerprint density at radius 2 is 2.00 bits per heavy atom. The van der Waals surface area contributed by atoms with Gasteiger partial charge in [0.05, 0.1) is 12.8 Å². The number of rotatable bonds is 3. The molecular formula is C17H18FNO. The summed E-state index contributed by atoms with van der Waals surface area (Å²) < 4.78 is 18.3. The van der Waals surface area contributed by atoms with Crippen LogP contribution in [0.3, 0.4) is 0 Å². The van der Waals surface area contributed by atoms with Crippen LogP contribution in [0.15, 0.2) is 42.5 Å². The largest absolute Gasteiger partial charge is 0.495 e. The molecule has 0 spiro atoms. The van der Waals surface area contributed by atoms with Crippen LogP contribution in [-0.4, -0.2) is 13.7 Å². The lowest BCUT2D eigenvalue weighted by Crippen LogP contribution is -2.25. The lowest BCUT2D eigenvalue weighted by molar-refractivity contribution is 0.413. The number of para-hydroxylation sites is 1. The summed E-state index contributed by atoms with van der Waals surface area (Å²) in [6.45, 7) is 0.921. The highest BCUT2D eigenvalue weighted by Crippen LogP contribution is 2.34. The fourth-order valence-corrected chi connectivity index (χ4v) is 2.85. The van der Waals surface area contributed by atoms with Gasteiger partial charge in [-0.2, -0.15) is 0 Å². The second-order valence-electron chi connectivity index (χ2n) is 5.28. The Bertz CT molecular complexity index is 594. The summed E-state index contributed by atoms with van der Waals surface area (Å²) in [5.74, 6) is 1.26. The Morgan fingerprint density at radius 3 is 2.75 bits per heavy atom. The van der Waals surface area contributed by atoms with Gasteiger partial charge in [-0.3, -0.25) is 0 Å². The summed E-state index contributed by atoms with van der Waals surface area (Å²) in [7, 11) is 1.70. The van der Waals surface area contributed by atoms with Crippen molar-refractivity contribution in [3.8, 4) is 5.75 Å². The molecule has 0 aliphatic carbocycles. The average Bonchev–Trinajstić information content (AvgIpc) is 2.49. The van der Waals surface area contributed by atoms with Gasteiger partial charge in [-0.25, -0.2) is 4.39 Å². The van der Waals surface area contributed by atoms with Gasteiger partial charge in [0.2, 0.25) is 0 Å². The molecule has 2 aromatic rings. The molecule has 1 aliphatic heterocycles. The van der Waals surface area contributed by atoms with Gasteiger partial charge in [0.1, 0.15) is 11.6 Å². The number of methoxy groups -OCH3 is 1. The smallest absolute Gasteiger partial charge is 0.142 e. The van der Waals surface area contributed by atoms with Crippen LogP contribution in [0.1, 0.15) is 11.1 Å². The number of nitrogens with one attached hydrogen (secondary N) is 1. The lowest BCUT2D eigenvalue weighted by Gasteiger charge is -2.27. The fraction of sp³-hybridized carbons (Fsp3) is 0.294. The van der Waals surface area contributed by atoms with E-state index in [1.807, 2.05) is 24.3 Å². The lowest BCUT2D eigenvalue weighted by atomic mass is 9.88. The molecule has 0 amide bonds. The molecule has 3 rings (SSSR count). The predicted molar refractivity (Wildman–Crippen MR) is 78.8 cm³/mol. The van der Waals surface area contributed by atoms with Gasteiger partial charge in [-0.05, 0) is 48.1 Å². The summed E-state index contributed by atoms with van der Waals surface area (Å²) in [6.07, 6.45) is 1.99. The summed E-state index contributed by atoms with van der Waals surface area (Å²) in [5.41, 5.74) is 3.60. The van der Waals surface area contributed by atoms with Crippen LogP contribution in [0.5, 0.6) is 5.75 Å². The highest BCUT2D eigenvalue weighted by Gasteiger charge is 2.20. The number of benzene rings is 2. The molecule has 0 saturated carbocycles. The molecule has 0 bridgehead atoms. The molecule has 1 unspecified atom stereocenters. The highest BCUT2D eigenvalue weighted by molar-refractivity contribution is 5.63. The van der Waals surface area contributed by atoms with E-state index in [0.717, 1.165) is 30.8 Å². The first kappa shape index (κ1) is 13.0. The number of halogens is 1. The number of fused-ring (bicyclic) bond motifs is 1. The minimum atomic E-state index is -0.175. The molecule has 2 aromatic carbocycles. The zero-order valence-corrected chi connectivity index (χ0v) is 11.5. The maximum atomic E-state index is 12.9. The van der Waals surface area contributed by atoms with Crippen LogP contribution >= 0.6 is 0 Å². The minimum Gasteiger partial charge on any atom is -0.495 e. The summed E-state index contributed by atoms with van der Waals surface area (Å²) in [5, 5.41) is 3.46. The summed E-state index contributed by atoms with van der Waals surface area (Å²) >= 11 is 0. The standard InChI is InChI=1S/C17H18FNO/c1-20-16-4-2-3-14-10-13(11-19-17(14)16)9-12-5-7-15(18)8-6-12/h2-8,13,19H,9-11H2,1H3. The fourth-order valence-electron chi connectivity index (χ4n) is 2.85. The van der Waals surface area contributed by atoms with Crippen molar-refractivity contribution < 1.29 is 9.13 Å². The third-order valence-corrected chi connectivity index (χ3v) is 3.85. The van der Waals surface area contributed by atoms with Crippen LogP contribution in [0, 0.1) is 11.7 Å². The summed E-state index contributed by atoms with van der Waals surface area (Å²) in [4.78, 5) is 0. The Hall–Kier alpha value is -2.03. The molecule has 0 saturated heterocycles. The van der Waals surface area contributed by atoms with Crippen LogP contribution < -0.4 is 10.1 Å². The van der Waals surface area contributed by atoms with Crippen molar-refractivity contribution in [1.82, 2.24) is 0 Å². The second kappa shape index (κ2) is 5.53. The van der Waals surface area contributed by atoms with Gasteiger partial charge < -0.3 is 10.1 Å². The molecule has 1 N–H and O–H groups in total. The Morgan fingerprint density at radius 1 is 1.20 bits per heavy atom. The molecule has 0 fully saturated rings. The van der Waals surface area contributed by atoms with Crippen molar-refractivity contribution in [2.75, 3.05) is 19.0 Å². The number of hydrogen-bond acceptors (Lipinski definition) is 2. The van der Waals surface area contributed by atoms with E-state index < -0.39 is 0 Å². The third-order valence-electron chi connectivity index (χ3n) is 3.85. The van der Waals surface area contributed by atoms with E-state index in [2.05, 4.69) is 11.4 Å². The SMILES string of the molecule is COc1cccc2c1NCC(Cc1ccc(F)cc1)C2. The average molecular weight is 271 g/mol. The summed E-state index contributed by atoms with van der Waals surface area (Å²) in [6, 6.07) is 12.9. The maximum absolute atomic E-state index is 12.9. The van der Waals surface area contributed by atoms with Gasteiger partial charge in [0.25, 0.3) is 0 Å². The molecule has 3 heteroatoms. The van der Waals surface area contributed by atoms with Crippen molar-refractivity contribution in [2.45, 2.75) is 12.8 Å². The Labute approximate surface area is 118 Å². The van der Waals surface area contributed by atoms with Crippen molar-refractivity contribution >= 4 is 5.69 Å². The zero-order valence-electron chi connectivity index (χ0n) is 11.5. The van der Waals surface area contributed by atoms with Crippen LogP contribution in [0.25, 0.3) is 0 Å². The Kier molecular flexibility index (Phi) is 3.59. The van der Waals surface area contributed by atoms with Crippen molar-refractivity contribution in [3.63, 3.8) is 0 Å². The number of hydrogen-bond donors (Lipinski definition) is 1. The molecule has 104 valence electrons. The first-order valence-corrected chi connectivity index (χ1v) is 6.90. The van der Waals surface area contributed by atoms with E-state index in [1.165, 1.54) is 23.3 Å². The van der Waals surface area contributed by atoms with Crippen molar-refractivity contribution in [2.24, 2.45) is 5.92 Å². The third kappa shape index (κ3) is 2.62. The monoisotopic (exact) mass is 271 g/mol. The van der Waals surface area contributed by atoms with Gasteiger partial charge in [-0.15, -0.1) is 0 Å². The molecule has 0 radical (unpaired) electrons. The van der Waals surface area contributed by atoms with Gasteiger partial charge >= 0.3 is 0 Å². The van der Waals surface area contributed by atoms with Crippen molar-refractivity contribution in [3.05, 3.63) is 59.4 Å². The van der Waals surface area contributed by atoms with Gasteiger partial charge in [-0.1, -0.05) is 24.3 Å². The normalized spacial score (nSPS) is 17.2.